The SMILES string of the molecule is Nc1cc(F)ccc1-c1cc(Cl)c(C(=O)Nc2cnc(-n3nccn3)c(Cl)c2)cc1C(F)(F)F. The first-order chi connectivity index (χ1) is 16.0. The van der Waals surface area contributed by atoms with E-state index in [1.807, 2.05) is 0 Å². The van der Waals surface area contributed by atoms with Crippen LogP contribution in [0.5, 0.6) is 0 Å². The summed E-state index contributed by atoms with van der Waals surface area (Å²) in [6.45, 7) is 0. The lowest BCUT2D eigenvalue weighted by Crippen LogP contribution is -2.16. The van der Waals surface area contributed by atoms with Crippen LogP contribution in [0.1, 0.15) is 15.9 Å². The minimum atomic E-state index is -4.86. The number of carbonyl (C=O) groups excluding carboxylic acids is 1. The molecule has 13 heteroatoms. The molecule has 174 valence electrons. The van der Waals surface area contributed by atoms with E-state index in [1.165, 1.54) is 24.7 Å². The zero-order valence-corrected chi connectivity index (χ0v) is 18.3. The minimum absolute atomic E-state index is 0.0817. The number of nitrogen functional groups attached to an aromatic ring is 1. The number of benzene rings is 2. The van der Waals surface area contributed by atoms with Crippen molar-refractivity contribution >= 4 is 40.5 Å². The smallest absolute Gasteiger partial charge is 0.398 e. The molecule has 34 heavy (non-hydrogen) atoms. The predicted molar refractivity (Wildman–Crippen MR) is 118 cm³/mol. The Balaban J connectivity index is 1.70. The first kappa shape index (κ1) is 23.5. The second-order valence-corrected chi connectivity index (χ2v) is 7.72. The van der Waals surface area contributed by atoms with Crippen LogP contribution in [-0.4, -0.2) is 25.9 Å². The molecular weight excluding hydrogens is 499 g/mol. The first-order valence-corrected chi connectivity index (χ1v) is 10.1. The fourth-order valence-electron chi connectivity index (χ4n) is 3.15. The Morgan fingerprint density at radius 3 is 2.32 bits per heavy atom. The van der Waals surface area contributed by atoms with E-state index in [4.69, 9.17) is 28.9 Å². The summed E-state index contributed by atoms with van der Waals surface area (Å²) in [5.74, 6) is -1.46. The highest BCUT2D eigenvalue weighted by atomic mass is 35.5. The van der Waals surface area contributed by atoms with Crippen LogP contribution in [0.15, 0.2) is 55.0 Å². The molecule has 2 aromatic heterocycles. The molecule has 0 radical (unpaired) electrons. The number of nitrogens with one attached hydrogen (secondary N) is 1. The van der Waals surface area contributed by atoms with Gasteiger partial charge in [-0.2, -0.15) is 23.4 Å². The molecule has 0 atom stereocenters. The highest BCUT2D eigenvalue weighted by molar-refractivity contribution is 6.35. The fraction of sp³-hybridized carbons (Fsp3) is 0.0476. The van der Waals surface area contributed by atoms with Crippen molar-refractivity contribution in [1.29, 1.82) is 0 Å². The Bertz CT molecular complexity index is 1390. The van der Waals surface area contributed by atoms with Crippen LogP contribution in [0.3, 0.4) is 0 Å². The van der Waals surface area contributed by atoms with Gasteiger partial charge in [0.15, 0.2) is 5.82 Å². The summed E-state index contributed by atoms with van der Waals surface area (Å²) in [6.07, 6.45) is -0.804. The van der Waals surface area contributed by atoms with E-state index in [0.29, 0.717) is 6.07 Å². The summed E-state index contributed by atoms with van der Waals surface area (Å²) >= 11 is 12.3. The van der Waals surface area contributed by atoms with E-state index in [1.54, 1.807) is 0 Å². The standard InChI is InChI=1S/C21H12Cl2F4N6O/c22-16-8-13(12-2-1-10(24)5-18(12)28)15(21(25,26)27)7-14(16)20(34)32-11-6-17(23)19(29-9-11)33-30-3-4-31-33/h1-9H,28H2,(H,32,34). The Morgan fingerprint density at radius 1 is 1.00 bits per heavy atom. The van der Waals surface area contributed by atoms with Crippen LogP contribution >= 0.6 is 23.2 Å². The van der Waals surface area contributed by atoms with Gasteiger partial charge in [-0.1, -0.05) is 23.2 Å². The van der Waals surface area contributed by atoms with Crippen molar-refractivity contribution < 1.29 is 22.4 Å². The van der Waals surface area contributed by atoms with E-state index < -0.39 is 34.6 Å². The molecule has 4 rings (SSSR count). The maximum Gasteiger partial charge on any atom is 0.417 e. The van der Waals surface area contributed by atoms with Crippen LogP contribution in [0.2, 0.25) is 10.0 Å². The van der Waals surface area contributed by atoms with E-state index in [-0.39, 0.29) is 32.8 Å². The second-order valence-electron chi connectivity index (χ2n) is 6.91. The lowest BCUT2D eigenvalue weighted by atomic mass is 9.95. The van der Waals surface area contributed by atoms with E-state index in [9.17, 15) is 22.4 Å². The Kier molecular flexibility index (Phi) is 6.15. The average Bonchev–Trinajstić information content (AvgIpc) is 3.27. The van der Waals surface area contributed by atoms with Crippen molar-refractivity contribution in [2.24, 2.45) is 0 Å². The predicted octanol–water partition coefficient (Wildman–Crippen LogP) is 5.63. The minimum Gasteiger partial charge on any atom is -0.398 e. The molecule has 2 aromatic carbocycles. The molecule has 3 N–H and O–H groups in total. The highest BCUT2D eigenvalue weighted by Crippen LogP contribution is 2.42. The molecule has 0 fully saturated rings. The number of alkyl halides is 3. The zero-order chi connectivity index (χ0) is 24.6. The molecule has 0 saturated heterocycles. The van der Waals surface area contributed by atoms with E-state index >= 15 is 0 Å². The van der Waals surface area contributed by atoms with Gasteiger partial charge in [-0.25, -0.2) is 9.37 Å². The number of hydrogen-bond donors (Lipinski definition) is 2. The lowest BCUT2D eigenvalue weighted by Gasteiger charge is -2.17. The van der Waals surface area contributed by atoms with E-state index in [0.717, 1.165) is 29.1 Å². The van der Waals surface area contributed by atoms with Crippen molar-refractivity contribution in [3.8, 4) is 16.9 Å². The number of nitrogens with zero attached hydrogens (tertiary/aromatic N) is 4. The zero-order valence-electron chi connectivity index (χ0n) is 16.7. The van der Waals surface area contributed by atoms with Crippen molar-refractivity contribution in [3.63, 3.8) is 0 Å². The maximum atomic E-state index is 13.8. The summed E-state index contributed by atoms with van der Waals surface area (Å²) in [5.41, 5.74) is 3.50. The van der Waals surface area contributed by atoms with Crippen LogP contribution in [0.25, 0.3) is 16.9 Å². The maximum absolute atomic E-state index is 13.8. The Hall–Kier alpha value is -3.70. The number of amides is 1. The van der Waals surface area contributed by atoms with Gasteiger partial charge in [-0.3, -0.25) is 4.79 Å². The number of nitrogens with two attached hydrogens (primary N) is 1. The molecule has 4 aromatic rings. The largest absolute Gasteiger partial charge is 0.417 e. The number of carbonyl (C=O) groups is 1. The number of pyridine rings is 1. The average molecular weight is 511 g/mol. The third kappa shape index (κ3) is 4.66. The molecule has 0 aliphatic rings. The summed E-state index contributed by atoms with van der Waals surface area (Å²) < 4.78 is 54.9. The number of rotatable bonds is 4. The second kappa shape index (κ2) is 8.92. The van der Waals surface area contributed by atoms with Gasteiger partial charge in [0.1, 0.15) is 5.82 Å². The van der Waals surface area contributed by atoms with Gasteiger partial charge >= 0.3 is 6.18 Å². The van der Waals surface area contributed by atoms with Crippen molar-refractivity contribution in [1.82, 2.24) is 20.0 Å². The van der Waals surface area contributed by atoms with Gasteiger partial charge in [0.05, 0.1) is 45.5 Å². The first-order valence-electron chi connectivity index (χ1n) is 9.34. The van der Waals surface area contributed by atoms with Crippen LogP contribution in [-0.2, 0) is 6.18 Å². The summed E-state index contributed by atoms with van der Waals surface area (Å²) in [5, 5.41) is 9.99. The number of aromatic nitrogens is 4. The third-order valence-corrected chi connectivity index (χ3v) is 5.24. The quantitative estimate of drug-likeness (QED) is 0.274. The molecule has 1 amide bonds. The molecular formula is C21H12Cl2F4N6O. The van der Waals surface area contributed by atoms with Gasteiger partial charge in [-0.15, -0.1) is 4.80 Å². The molecule has 0 unspecified atom stereocenters. The monoisotopic (exact) mass is 510 g/mol. The third-order valence-electron chi connectivity index (χ3n) is 4.65. The normalized spacial score (nSPS) is 11.5. The van der Waals surface area contributed by atoms with Crippen molar-refractivity contribution in [2.75, 3.05) is 11.1 Å². The molecule has 0 saturated carbocycles. The summed E-state index contributed by atoms with van der Waals surface area (Å²) in [6, 6.07) is 5.86. The van der Waals surface area contributed by atoms with Gasteiger partial charge in [0.2, 0.25) is 0 Å². The number of hydrogen-bond acceptors (Lipinski definition) is 5. The van der Waals surface area contributed by atoms with Gasteiger partial charge in [0, 0.05) is 11.3 Å². The number of anilines is 2. The van der Waals surface area contributed by atoms with Gasteiger partial charge in [-0.05, 0) is 42.0 Å². The van der Waals surface area contributed by atoms with Gasteiger partial charge < -0.3 is 11.1 Å². The van der Waals surface area contributed by atoms with E-state index in [2.05, 4.69) is 20.5 Å². The topological polar surface area (TPSA) is 98.7 Å². The summed E-state index contributed by atoms with van der Waals surface area (Å²) in [4.78, 5) is 18.0. The lowest BCUT2D eigenvalue weighted by molar-refractivity contribution is -0.137. The molecule has 0 spiro atoms. The summed E-state index contributed by atoms with van der Waals surface area (Å²) in [7, 11) is 0. The van der Waals surface area contributed by atoms with Crippen LogP contribution in [0.4, 0.5) is 28.9 Å². The molecule has 7 nitrogen and oxygen atoms in total. The Morgan fingerprint density at radius 2 is 1.71 bits per heavy atom. The van der Waals surface area contributed by atoms with Crippen molar-refractivity contribution in [3.05, 3.63) is 82.0 Å². The highest BCUT2D eigenvalue weighted by Gasteiger charge is 2.36. The fourth-order valence-corrected chi connectivity index (χ4v) is 3.64. The number of halogens is 6. The van der Waals surface area contributed by atoms with Crippen LogP contribution < -0.4 is 11.1 Å². The van der Waals surface area contributed by atoms with Crippen molar-refractivity contribution in [2.45, 2.75) is 6.18 Å². The molecule has 2 heterocycles. The molecule has 0 bridgehead atoms. The Labute approximate surface area is 199 Å². The molecule has 0 aliphatic heterocycles. The van der Waals surface area contributed by atoms with Gasteiger partial charge in [0.25, 0.3) is 5.91 Å². The van der Waals surface area contributed by atoms with Crippen LogP contribution in [0, 0.1) is 5.82 Å². The molecule has 0 aliphatic carbocycles.